The zero-order chi connectivity index (χ0) is 17.6. The number of hydrogen-bond donors (Lipinski definition) is 0. The van der Waals surface area contributed by atoms with Crippen LogP contribution >= 0.6 is 0 Å². The lowest BCUT2D eigenvalue weighted by molar-refractivity contribution is -0.389. The van der Waals surface area contributed by atoms with E-state index in [4.69, 9.17) is 0 Å². The van der Waals surface area contributed by atoms with Gasteiger partial charge in [0.1, 0.15) is 5.78 Å². The van der Waals surface area contributed by atoms with Gasteiger partial charge < -0.3 is 19.6 Å². The molecule has 0 aliphatic rings. The molecule has 9 heteroatoms. The molecule has 1 aromatic heterocycles. The molecule has 0 bridgehead atoms. The number of aromatic nitrogens is 2. The molecule has 7 nitrogen and oxygen atoms in total. The van der Waals surface area contributed by atoms with Gasteiger partial charge in [0.2, 0.25) is 0 Å². The standard InChI is InChI=1S/C11H9F2N3O3.C3H6O/c1-19-11-8(12)4-7(5-9(11)13)6-15-3-2-10(14-15)16(17)18;1-3(2)4/h2-5H,6H2,1H3;1-2H3. The van der Waals surface area contributed by atoms with Gasteiger partial charge in [-0.2, -0.15) is 4.68 Å². The van der Waals surface area contributed by atoms with Gasteiger partial charge in [0.25, 0.3) is 0 Å². The Morgan fingerprint density at radius 3 is 2.26 bits per heavy atom. The maximum atomic E-state index is 13.4. The minimum atomic E-state index is -0.834. The molecule has 2 rings (SSSR count). The molecule has 0 amide bonds. The smallest absolute Gasteiger partial charge is 0.389 e. The van der Waals surface area contributed by atoms with E-state index in [1.165, 1.54) is 30.8 Å². The molecule has 0 spiro atoms. The van der Waals surface area contributed by atoms with Crippen LogP contribution < -0.4 is 4.74 Å². The first-order valence-corrected chi connectivity index (χ1v) is 6.41. The molecule has 0 fully saturated rings. The topological polar surface area (TPSA) is 87.3 Å². The number of halogens is 2. The van der Waals surface area contributed by atoms with Crippen molar-refractivity contribution in [3.05, 3.63) is 51.7 Å². The molecule has 1 aromatic carbocycles. The van der Waals surface area contributed by atoms with Crippen LogP contribution in [0.25, 0.3) is 0 Å². The minimum absolute atomic E-state index is 0.0195. The van der Waals surface area contributed by atoms with Gasteiger partial charge >= 0.3 is 5.82 Å². The molecule has 1 heterocycles. The van der Waals surface area contributed by atoms with Gasteiger partial charge in [-0.05, 0) is 36.5 Å². The van der Waals surface area contributed by atoms with Crippen molar-refractivity contribution in [3.8, 4) is 5.75 Å². The van der Waals surface area contributed by atoms with Gasteiger partial charge in [0.15, 0.2) is 17.4 Å². The molecule has 0 aliphatic heterocycles. The number of rotatable bonds is 4. The summed E-state index contributed by atoms with van der Waals surface area (Å²) in [6.45, 7) is 3.08. The molecule has 0 aliphatic carbocycles. The van der Waals surface area contributed by atoms with Crippen molar-refractivity contribution < 1.29 is 23.2 Å². The van der Waals surface area contributed by atoms with Crippen LogP contribution in [0.3, 0.4) is 0 Å². The number of nitro groups is 1. The maximum Gasteiger partial charge on any atom is 0.389 e. The fourth-order valence-electron chi connectivity index (χ4n) is 1.62. The Hall–Kier alpha value is -2.84. The van der Waals surface area contributed by atoms with Crippen molar-refractivity contribution in [2.75, 3.05) is 7.11 Å². The first-order valence-electron chi connectivity index (χ1n) is 6.41. The summed E-state index contributed by atoms with van der Waals surface area (Å²) in [4.78, 5) is 19.2. The van der Waals surface area contributed by atoms with Crippen LogP contribution in [0, 0.1) is 21.7 Å². The Balaban J connectivity index is 0.000000593. The van der Waals surface area contributed by atoms with Crippen LogP contribution in [0.15, 0.2) is 24.4 Å². The van der Waals surface area contributed by atoms with E-state index < -0.39 is 22.3 Å². The number of nitrogens with zero attached hydrogens (tertiary/aromatic N) is 3. The number of carbonyl (C=O) groups excluding carboxylic acids is 1. The van der Waals surface area contributed by atoms with E-state index in [0.717, 1.165) is 19.2 Å². The zero-order valence-corrected chi connectivity index (χ0v) is 12.7. The van der Waals surface area contributed by atoms with Crippen LogP contribution in [0.5, 0.6) is 5.75 Å². The highest BCUT2D eigenvalue weighted by Crippen LogP contribution is 2.23. The summed E-state index contributed by atoms with van der Waals surface area (Å²) >= 11 is 0. The highest BCUT2D eigenvalue weighted by atomic mass is 19.1. The zero-order valence-electron chi connectivity index (χ0n) is 12.7. The quantitative estimate of drug-likeness (QED) is 0.636. The fourth-order valence-corrected chi connectivity index (χ4v) is 1.62. The Bertz CT molecular complexity index is 689. The van der Waals surface area contributed by atoms with Crippen LogP contribution in [-0.2, 0) is 11.3 Å². The molecule has 124 valence electrons. The molecule has 0 atom stereocenters. The molecule has 0 saturated carbocycles. The van der Waals surface area contributed by atoms with E-state index in [-0.39, 0.29) is 23.7 Å². The third-order valence-corrected chi connectivity index (χ3v) is 2.42. The molecule has 23 heavy (non-hydrogen) atoms. The van der Waals surface area contributed by atoms with Gasteiger partial charge in [-0.15, -0.1) is 0 Å². The molecule has 2 aromatic rings. The Morgan fingerprint density at radius 2 is 1.87 bits per heavy atom. The summed E-state index contributed by atoms with van der Waals surface area (Å²) in [5.41, 5.74) is 0.286. The molecular formula is C14H15F2N3O4. The lowest BCUT2D eigenvalue weighted by Gasteiger charge is -2.05. The summed E-state index contributed by atoms with van der Waals surface area (Å²) in [6.07, 6.45) is 1.36. The maximum absolute atomic E-state index is 13.4. The molecular weight excluding hydrogens is 312 g/mol. The number of carbonyl (C=O) groups is 1. The van der Waals surface area contributed by atoms with E-state index >= 15 is 0 Å². The first kappa shape index (κ1) is 18.2. The summed E-state index contributed by atoms with van der Waals surface area (Å²) in [6, 6.07) is 3.39. The Kier molecular flexibility index (Phi) is 6.31. The SMILES string of the molecule is CC(C)=O.COc1c(F)cc(Cn2ccc([N+](=O)[O-])n2)cc1F. The van der Waals surface area contributed by atoms with Crippen molar-refractivity contribution in [1.29, 1.82) is 0 Å². The highest BCUT2D eigenvalue weighted by Gasteiger charge is 2.14. The molecule has 0 saturated heterocycles. The van der Waals surface area contributed by atoms with E-state index in [0.29, 0.717) is 0 Å². The van der Waals surface area contributed by atoms with Crippen molar-refractivity contribution in [1.82, 2.24) is 9.78 Å². The number of ketones is 1. The largest absolute Gasteiger partial charge is 0.491 e. The van der Waals surface area contributed by atoms with Gasteiger partial charge in [-0.25, -0.2) is 8.78 Å². The van der Waals surface area contributed by atoms with Crippen LogP contribution in [0.2, 0.25) is 0 Å². The van der Waals surface area contributed by atoms with Crippen LogP contribution in [-0.4, -0.2) is 27.6 Å². The minimum Gasteiger partial charge on any atom is -0.491 e. The number of hydrogen-bond acceptors (Lipinski definition) is 5. The summed E-state index contributed by atoms with van der Waals surface area (Å²) in [5.74, 6) is -2.29. The van der Waals surface area contributed by atoms with E-state index in [1.54, 1.807) is 0 Å². The first-order chi connectivity index (χ1) is 10.7. The van der Waals surface area contributed by atoms with Crippen LogP contribution in [0.1, 0.15) is 19.4 Å². The second-order valence-electron chi connectivity index (χ2n) is 4.63. The summed E-state index contributed by atoms with van der Waals surface area (Å²) < 4.78 is 32.7. The third-order valence-electron chi connectivity index (χ3n) is 2.42. The fraction of sp³-hybridized carbons (Fsp3) is 0.286. The highest BCUT2D eigenvalue weighted by molar-refractivity contribution is 5.72. The number of ether oxygens (including phenoxy) is 1. The van der Waals surface area contributed by atoms with E-state index in [1.807, 2.05) is 0 Å². The van der Waals surface area contributed by atoms with Gasteiger partial charge in [-0.3, -0.25) is 0 Å². The van der Waals surface area contributed by atoms with Gasteiger partial charge in [0.05, 0.1) is 31.0 Å². The monoisotopic (exact) mass is 327 g/mol. The summed E-state index contributed by atoms with van der Waals surface area (Å²) in [7, 11) is 1.16. The molecule has 0 unspecified atom stereocenters. The number of Topliss-reactive ketones (excluding diaryl/α,β-unsaturated/α-hetero) is 1. The Labute approximate surface area is 130 Å². The van der Waals surface area contributed by atoms with Crippen molar-refractivity contribution >= 4 is 11.6 Å². The predicted octanol–water partition coefficient (Wildman–Crippen LogP) is 2.72. The normalized spacial score (nSPS) is 9.78. The van der Waals surface area contributed by atoms with Crippen molar-refractivity contribution in [2.24, 2.45) is 0 Å². The second-order valence-corrected chi connectivity index (χ2v) is 4.63. The second kappa shape index (κ2) is 7.97. The molecule has 0 N–H and O–H groups in total. The van der Waals surface area contributed by atoms with Gasteiger partial charge in [0, 0.05) is 0 Å². The lowest BCUT2D eigenvalue weighted by Crippen LogP contribution is -2.03. The third kappa shape index (κ3) is 5.46. The Morgan fingerprint density at radius 1 is 1.35 bits per heavy atom. The van der Waals surface area contributed by atoms with Crippen molar-refractivity contribution in [3.63, 3.8) is 0 Å². The molecule has 0 radical (unpaired) electrons. The summed E-state index contributed by atoms with van der Waals surface area (Å²) in [5, 5.41) is 14.1. The predicted molar refractivity (Wildman–Crippen MR) is 77.2 cm³/mol. The average molecular weight is 327 g/mol. The van der Waals surface area contributed by atoms with Gasteiger partial charge in [-0.1, -0.05) is 0 Å². The average Bonchev–Trinajstić information content (AvgIpc) is 2.86. The van der Waals surface area contributed by atoms with Crippen molar-refractivity contribution in [2.45, 2.75) is 20.4 Å². The van der Waals surface area contributed by atoms with Crippen LogP contribution in [0.4, 0.5) is 14.6 Å². The van der Waals surface area contributed by atoms with E-state index in [2.05, 4.69) is 9.84 Å². The number of methoxy groups -OCH3 is 1. The number of benzene rings is 1. The van der Waals surface area contributed by atoms with E-state index in [9.17, 15) is 23.7 Å². The lowest BCUT2D eigenvalue weighted by atomic mass is 10.2.